The van der Waals surface area contributed by atoms with Gasteiger partial charge in [-0.2, -0.15) is 20.1 Å². The molecular weight excluding hydrogens is 458 g/mol. The van der Waals surface area contributed by atoms with E-state index in [1.807, 2.05) is 74.4 Å². The van der Waals surface area contributed by atoms with Gasteiger partial charge in [0.2, 0.25) is 17.8 Å². The molecule has 4 rings (SSSR count). The molecule has 0 aliphatic rings. The zero-order valence-electron chi connectivity index (χ0n) is 20.0. The van der Waals surface area contributed by atoms with Crippen LogP contribution in [-0.4, -0.2) is 40.2 Å². The van der Waals surface area contributed by atoms with Gasteiger partial charge in [0.25, 0.3) is 5.69 Å². The maximum atomic E-state index is 10.9. The number of aromatic nitrogens is 3. The fourth-order valence-corrected chi connectivity index (χ4v) is 3.19. The quantitative estimate of drug-likeness (QED) is 0.169. The maximum Gasteiger partial charge on any atom is 0.269 e. The number of benzene rings is 3. The molecule has 0 saturated carbocycles. The second kappa shape index (κ2) is 10.9. The lowest BCUT2D eigenvalue weighted by atomic mass is 10.2. The molecular formula is C25H25N9O2. The Bertz CT molecular complexity index is 1370. The van der Waals surface area contributed by atoms with E-state index in [1.54, 1.807) is 18.3 Å². The van der Waals surface area contributed by atoms with Gasteiger partial charge in [-0.15, -0.1) is 0 Å². The van der Waals surface area contributed by atoms with Crippen molar-refractivity contribution in [3.8, 4) is 0 Å². The van der Waals surface area contributed by atoms with Crippen LogP contribution in [0.25, 0.3) is 0 Å². The SMILES string of the molecule is Cc1ccccc1Nc1nc(N/N=C/c2ccc(N(C)C)cc2)nc(Nc2ccc([N+](=O)[O-])cc2)n1. The van der Waals surface area contributed by atoms with Gasteiger partial charge in [0.1, 0.15) is 0 Å². The number of nitro benzene ring substituents is 1. The standard InChI is InChI=1S/C25H25N9O2/c1-17-6-4-5-7-22(17)28-24-29-23(27-19-10-14-21(15-11-19)34(35)36)30-25(31-24)32-26-16-18-8-12-20(13-9-18)33(2)3/h4-16H,1-3H3,(H3,27,28,29,30,31,32)/b26-16+. The minimum atomic E-state index is -0.453. The summed E-state index contributed by atoms with van der Waals surface area (Å²) in [6.07, 6.45) is 1.67. The monoisotopic (exact) mass is 483 g/mol. The lowest BCUT2D eigenvalue weighted by molar-refractivity contribution is -0.384. The van der Waals surface area contributed by atoms with Crippen molar-refractivity contribution in [1.82, 2.24) is 15.0 Å². The van der Waals surface area contributed by atoms with Crippen molar-refractivity contribution in [2.45, 2.75) is 6.92 Å². The number of aryl methyl sites for hydroxylation is 1. The zero-order chi connectivity index (χ0) is 25.5. The van der Waals surface area contributed by atoms with Gasteiger partial charge in [-0.3, -0.25) is 10.1 Å². The summed E-state index contributed by atoms with van der Waals surface area (Å²) in [5.74, 6) is 0.756. The second-order valence-corrected chi connectivity index (χ2v) is 8.03. The predicted molar refractivity (Wildman–Crippen MR) is 143 cm³/mol. The van der Waals surface area contributed by atoms with Crippen molar-refractivity contribution in [2.24, 2.45) is 5.10 Å². The highest BCUT2D eigenvalue weighted by molar-refractivity contribution is 5.80. The molecule has 0 radical (unpaired) electrons. The fourth-order valence-electron chi connectivity index (χ4n) is 3.19. The van der Waals surface area contributed by atoms with Crippen molar-refractivity contribution in [2.75, 3.05) is 35.1 Å². The van der Waals surface area contributed by atoms with Crippen LogP contribution in [0, 0.1) is 17.0 Å². The van der Waals surface area contributed by atoms with E-state index in [-0.39, 0.29) is 17.6 Å². The van der Waals surface area contributed by atoms with Gasteiger partial charge in [-0.25, -0.2) is 5.43 Å². The number of para-hydroxylation sites is 1. The van der Waals surface area contributed by atoms with Gasteiger partial charge < -0.3 is 15.5 Å². The second-order valence-electron chi connectivity index (χ2n) is 8.03. The average molecular weight is 484 g/mol. The number of nitrogens with one attached hydrogen (secondary N) is 3. The third-order valence-electron chi connectivity index (χ3n) is 5.15. The molecule has 0 atom stereocenters. The van der Waals surface area contributed by atoms with Crippen LogP contribution in [-0.2, 0) is 0 Å². The molecule has 0 fully saturated rings. The van der Waals surface area contributed by atoms with Gasteiger partial charge in [0.15, 0.2) is 0 Å². The number of hydrazone groups is 1. The fraction of sp³-hybridized carbons (Fsp3) is 0.120. The van der Waals surface area contributed by atoms with Crippen molar-refractivity contribution in [1.29, 1.82) is 0 Å². The summed E-state index contributed by atoms with van der Waals surface area (Å²) in [5.41, 5.74) is 7.30. The average Bonchev–Trinajstić information content (AvgIpc) is 2.86. The number of non-ortho nitro benzene ring substituents is 1. The van der Waals surface area contributed by atoms with Crippen LogP contribution in [0.5, 0.6) is 0 Å². The summed E-state index contributed by atoms with van der Waals surface area (Å²) >= 11 is 0. The van der Waals surface area contributed by atoms with E-state index in [0.29, 0.717) is 11.6 Å². The van der Waals surface area contributed by atoms with Crippen molar-refractivity contribution in [3.05, 3.63) is 94.0 Å². The molecule has 0 unspecified atom stereocenters. The summed E-state index contributed by atoms with van der Waals surface area (Å²) in [6, 6.07) is 21.7. The highest BCUT2D eigenvalue weighted by Crippen LogP contribution is 2.22. The van der Waals surface area contributed by atoms with E-state index in [4.69, 9.17) is 0 Å². The van der Waals surface area contributed by atoms with E-state index in [9.17, 15) is 10.1 Å². The number of hydrogen-bond donors (Lipinski definition) is 3. The van der Waals surface area contributed by atoms with Crippen LogP contribution in [0.2, 0.25) is 0 Å². The molecule has 1 aromatic heterocycles. The highest BCUT2D eigenvalue weighted by atomic mass is 16.6. The molecule has 0 bridgehead atoms. The largest absolute Gasteiger partial charge is 0.378 e. The lowest BCUT2D eigenvalue weighted by Crippen LogP contribution is -2.08. The predicted octanol–water partition coefficient (Wildman–Crippen LogP) is 5.09. The Morgan fingerprint density at radius 1 is 0.861 bits per heavy atom. The van der Waals surface area contributed by atoms with Gasteiger partial charge in [-0.05, 0) is 48.4 Å². The van der Waals surface area contributed by atoms with Crippen molar-refractivity contribution in [3.63, 3.8) is 0 Å². The Hall–Kier alpha value is -5.06. The minimum Gasteiger partial charge on any atom is -0.378 e. The van der Waals surface area contributed by atoms with Gasteiger partial charge >= 0.3 is 0 Å². The molecule has 11 heteroatoms. The molecule has 1 heterocycles. The number of nitrogens with zero attached hydrogens (tertiary/aromatic N) is 6. The molecule has 36 heavy (non-hydrogen) atoms. The van der Waals surface area contributed by atoms with Gasteiger partial charge in [0, 0.05) is 43.3 Å². The number of anilines is 6. The Morgan fingerprint density at radius 2 is 1.50 bits per heavy atom. The number of rotatable bonds is 9. The molecule has 0 spiro atoms. The number of hydrogen-bond acceptors (Lipinski definition) is 10. The molecule has 4 aromatic rings. The van der Waals surface area contributed by atoms with E-state index in [1.165, 1.54) is 12.1 Å². The Morgan fingerprint density at radius 3 is 2.14 bits per heavy atom. The molecule has 0 amide bonds. The lowest BCUT2D eigenvalue weighted by Gasteiger charge is -2.12. The molecule has 3 aromatic carbocycles. The van der Waals surface area contributed by atoms with Gasteiger partial charge in [0.05, 0.1) is 11.1 Å². The summed E-state index contributed by atoms with van der Waals surface area (Å²) in [7, 11) is 3.96. The van der Waals surface area contributed by atoms with Crippen molar-refractivity contribution >= 4 is 46.8 Å². The summed E-state index contributed by atoms with van der Waals surface area (Å²) in [6.45, 7) is 1.98. The van der Waals surface area contributed by atoms with Crippen LogP contribution in [0.3, 0.4) is 0 Å². The third-order valence-corrected chi connectivity index (χ3v) is 5.15. The first kappa shape index (κ1) is 24.1. The minimum absolute atomic E-state index is 0.00610. The topological polar surface area (TPSA) is 134 Å². The summed E-state index contributed by atoms with van der Waals surface area (Å²) in [5, 5.41) is 21.4. The smallest absolute Gasteiger partial charge is 0.269 e. The maximum absolute atomic E-state index is 10.9. The molecule has 182 valence electrons. The van der Waals surface area contributed by atoms with E-state index >= 15 is 0 Å². The Balaban J connectivity index is 1.57. The van der Waals surface area contributed by atoms with Gasteiger partial charge in [-0.1, -0.05) is 30.3 Å². The van der Waals surface area contributed by atoms with Crippen molar-refractivity contribution < 1.29 is 4.92 Å². The first-order chi connectivity index (χ1) is 17.4. The van der Waals surface area contributed by atoms with Crippen LogP contribution in [0.15, 0.2) is 77.9 Å². The van der Waals surface area contributed by atoms with E-state index in [2.05, 4.69) is 36.1 Å². The first-order valence-corrected chi connectivity index (χ1v) is 11.0. The Labute approximate surface area is 208 Å². The molecule has 0 aliphatic carbocycles. The Kier molecular flexibility index (Phi) is 7.30. The third kappa shape index (κ3) is 6.29. The zero-order valence-corrected chi connectivity index (χ0v) is 20.0. The van der Waals surface area contributed by atoms with E-state index < -0.39 is 4.92 Å². The molecule has 3 N–H and O–H groups in total. The summed E-state index contributed by atoms with van der Waals surface area (Å²) < 4.78 is 0. The van der Waals surface area contributed by atoms with E-state index in [0.717, 1.165) is 22.5 Å². The molecule has 11 nitrogen and oxygen atoms in total. The normalized spacial score (nSPS) is 10.8. The molecule has 0 saturated heterocycles. The number of nitro groups is 1. The van der Waals surface area contributed by atoms with Crippen LogP contribution < -0.4 is 21.0 Å². The van der Waals surface area contributed by atoms with Crippen LogP contribution in [0.4, 0.5) is 40.6 Å². The summed E-state index contributed by atoms with van der Waals surface area (Å²) in [4.78, 5) is 25.7. The molecule has 0 aliphatic heterocycles. The van der Waals surface area contributed by atoms with Crippen LogP contribution >= 0.6 is 0 Å². The van der Waals surface area contributed by atoms with Crippen LogP contribution in [0.1, 0.15) is 11.1 Å². The first-order valence-electron chi connectivity index (χ1n) is 11.0. The highest BCUT2D eigenvalue weighted by Gasteiger charge is 2.10.